The van der Waals surface area contributed by atoms with E-state index in [0.29, 0.717) is 0 Å². The quantitative estimate of drug-likeness (QED) is 0.680. The molecule has 0 bridgehead atoms. The maximum Gasteiger partial charge on any atom is 0.119 e. The molecular formula is C14H23NO. The third-order valence-corrected chi connectivity index (χ3v) is 2.49. The van der Waals surface area contributed by atoms with Gasteiger partial charge in [0.15, 0.2) is 0 Å². The van der Waals surface area contributed by atoms with Crippen LogP contribution in [0.5, 0.6) is 5.75 Å². The standard InChI is InChI=1S/C14H23NO/c1-3-5-6-10-16-14-9-7-8-13(11-14)12-15-4-2/h7-9,11,15H,3-6,10,12H2,1-2H3. The van der Waals surface area contributed by atoms with Gasteiger partial charge in [-0.1, -0.05) is 38.8 Å². The molecule has 1 aromatic rings. The predicted octanol–water partition coefficient (Wildman–Crippen LogP) is 3.37. The minimum atomic E-state index is 0.832. The SMILES string of the molecule is CCCCCOc1cccc(CNCC)c1. The Hall–Kier alpha value is -1.02. The van der Waals surface area contributed by atoms with Crippen LogP contribution in [-0.4, -0.2) is 13.2 Å². The van der Waals surface area contributed by atoms with Crippen LogP contribution in [0.3, 0.4) is 0 Å². The van der Waals surface area contributed by atoms with Gasteiger partial charge in [-0.15, -0.1) is 0 Å². The summed E-state index contributed by atoms with van der Waals surface area (Å²) in [5.74, 6) is 0.992. The Kier molecular flexibility index (Phi) is 6.66. The zero-order valence-electron chi connectivity index (χ0n) is 10.5. The van der Waals surface area contributed by atoms with Crippen molar-refractivity contribution in [1.29, 1.82) is 0 Å². The summed E-state index contributed by atoms with van der Waals surface area (Å²) in [6.45, 7) is 7.07. The predicted molar refractivity (Wildman–Crippen MR) is 68.8 cm³/mol. The lowest BCUT2D eigenvalue weighted by Crippen LogP contribution is -2.11. The minimum Gasteiger partial charge on any atom is -0.494 e. The molecule has 0 aliphatic rings. The van der Waals surface area contributed by atoms with E-state index < -0.39 is 0 Å². The summed E-state index contributed by atoms with van der Waals surface area (Å²) in [6.07, 6.45) is 3.63. The van der Waals surface area contributed by atoms with Crippen LogP contribution in [0.4, 0.5) is 0 Å². The Morgan fingerprint density at radius 3 is 2.81 bits per heavy atom. The molecule has 2 nitrogen and oxygen atoms in total. The van der Waals surface area contributed by atoms with Crippen LogP contribution in [-0.2, 0) is 6.54 Å². The van der Waals surface area contributed by atoms with Gasteiger partial charge >= 0.3 is 0 Å². The van der Waals surface area contributed by atoms with Gasteiger partial charge in [0, 0.05) is 6.54 Å². The number of rotatable bonds is 8. The molecule has 16 heavy (non-hydrogen) atoms. The molecular weight excluding hydrogens is 198 g/mol. The molecule has 1 N–H and O–H groups in total. The van der Waals surface area contributed by atoms with Gasteiger partial charge in [0.1, 0.15) is 5.75 Å². The van der Waals surface area contributed by atoms with Gasteiger partial charge < -0.3 is 10.1 Å². The molecule has 0 amide bonds. The highest BCUT2D eigenvalue weighted by atomic mass is 16.5. The fourth-order valence-corrected chi connectivity index (χ4v) is 1.56. The molecule has 2 heteroatoms. The first-order valence-electron chi connectivity index (χ1n) is 6.29. The molecule has 1 rings (SSSR count). The molecule has 90 valence electrons. The highest BCUT2D eigenvalue weighted by molar-refractivity contribution is 5.28. The average molecular weight is 221 g/mol. The maximum absolute atomic E-state index is 5.70. The second kappa shape index (κ2) is 8.17. The van der Waals surface area contributed by atoms with E-state index in [0.717, 1.165) is 31.9 Å². The van der Waals surface area contributed by atoms with Gasteiger partial charge in [-0.05, 0) is 30.7 Å². The fraction of sp³-hybridized carbons (Fsp3) is 0.571. The van der Waals surface area contributed by atoms with E-state index in [2.05, 4.69) is 37.4 Å². The van der Waals surface area contributed by atoms with E-state index in [1.54, 1.807) is 0 Å². The van der Waals surface area contributed by atoms with Crippen LogP contribution in [0.25, 0.3) is 0 Å². The topological polar surface area (TPSA) is 21.3 Å². The van der Waals surface area contributed by atoms with Crippen molar-refractivity contribution in [2.75, 3.05) is 13.2 Å². The van der Waals surface area contributed by atoms with E-state index >= 15 is 0 Å². The highest BCUT2D eigenvalue weighted by Crippen LogP contribution is 2.13. The van der Waals surface area contributed by atoms with E-state index in [1.807, 2.05) is 6.07 Å². The van der Waals surface area contributed by atoms with E-state index in [9.17, 15) is 0 Å². The highest BCUT2D eigenvalue weighted by Gasteiger charge is 1.96. The summed E-state index contributed by atoms with van der Waals surface area (Å²) < 4.78 is 5.70. The largest absolute Gasteiger partial charge is 0.494 e. The molecule has 0 saturated heterocycles. The van der Waals surface area contributed by atoms with Gasteiger partial charge in [0.05, 0.1) is 6.61 Å². The Morgan fingerprint density at radius 2 is 2.06 bits per heavy atom. The van der Waals surface area contributed by atoms with Crippen molar-refractivity contribution in [2.45, 2.75) is 39.7 Å². The average Bonchev–Trinajstić information content (AvgIpc) is 2.33. The first kappa shape index (κ1) is 13.0. The van der Waals surface area contributed by atoms with Crippen molar-refractivity contribution in [2.24, 2.45) is 0 Å². The molecule has 0 aliphatic carbocycles. The van der Waals surface area contributed by atoms with Crippen LogP contribution < -0.4 is 10.1 Å². The molecule has 0 unspecified atom stereocenters. The molecule has 0 fully saturated rings. The van der Waals surface area contributed by atoms with Crippen molar-refractivity contribution in [3.8, 4) is 5.75 Å². The van der Waals surface area contributed by atoms with Crippen LogP contribution in [0.15, 0.2) is 24.3 Å². The summed E-state index contributed by atoms with van der Waals surface area (Å²) in [4.78, 5) is 0. The number of nitrogens with one attached hydrogen (secondary N) is 1. The van der Waals surface area contributed by atoms with Crippen molar-refractivity contribution in [3.63, 3.8) is 0 Å². The fourth-order valence-electron chi connectivity index (χ4n) is 1.56. The van der Waals surface area contributed by atoms with E-state index in [-0.39, 0.29) is 0 Å². The first-order valence-corrected chi connectivity index (χ1v) is 6.29. The van der Waals surface area contributed by atoms with Gasteiger partial charge in [-0.25, -0.2) is 0 Å². The van der Waals surface area contributed by atoms with Crippen molar-refractivity contribution >= 4 is 0 Å². The molecule has 0 aliphatic heterocycles. The third-order valence-electron chi connectivity index (χ3n) is 2.49. The van der Waals surface area contributed by atoms with Crippen molar-refractivity contribution in [3.05, 3.63) is 29.8 Å². The molecule has 0 spiro atoms. The first-order chi connectivity index (χ1) is 7.86. The lowest BCUT2D eigenvalue weighted by molar-refractivity contribution is 0.306. The number of hydrogen-bond acceptors (Lipinski definition) is 2. The zero-order chi connectivity index (χ0) is 11.6. The van der Waals surface area contributed by atoms with Gasteiger partial charge in [0.2, 0.25) is 0 Å². The number of unbranched alkanes of at least 4 members (excludes halogenated alkanes) is 2. The van der Waals surface area contributed by atoms with Crippen LogP contribution >= 0.6 is 0 Å². The summed E-state index contributed by atoms with van der Waals surface area (Å²) in [5.41, 5.74) is 1.29. The number of hydrogen-bond donors (Lipinski definition) is 1. The third kappa shape index (κ3) is 5.17. The molecule has 0 aromatic heterocycles. The second-order valence-corrected chi connectivity index (χ2v) is 3.98. The summed E-state index contributed by atoms with van der Waals surface area (Å²) >= 11 is 0. The normalized spacial score (nSPS) is 10.4. The smallest absolute Gasteiger partial charge is 0.119 e. The lowest BCUT2D eigenvalue weighted by Gasteiger charge is -2.08. The summed E-state index contributed by atoms with van der Waals surface area (Å²) in [5, 5.41) is 3.31. The maximum atomic E-state index is 5.70. The Labute approximate surface area is 99.0 Å². The van der Waals surface area contributed by atoms with Crippen LogP contribution in [0, 0.1) is 0 Å². The second-order valence-electron chi connectivity index (χ2n) is 3.98. The number of ether oxygens (including phenoxy) is 1. The Morgan fingerprint density at radius 1 is 1.19 bits per heavy atom. The van der Waals surface area contributed by atoms with Crippen molar-refractivity contribution < 1.29 is 4.74 Å². The summed E-state index contributed by atoms with van der Waals surface area (Å²) in [7, 11) is 0. The molecule has 0 heterocycles. The van der Waals surface area contributed by atoms with E-state index in [4.69, 9.17) is 4.74 Å². The van der Waals surface area contributed by atoms with Gasteiger partial charge in [-0.3, -0.25) is 0 Å². The summed E-state index contributed by atoms with van der Waals surface area (Å²) in [6, 6.07) is 8.33. The Bertz CT molecular complexity index is 286. The van der Waals surface area contributed by atoms with Gasteiger partial charge in [0.25, 0.3) is 0 Å². The van der Waals surface area contributed by atoms with Crippen molar-refractivity contribution in [1.82, 2.24) is 5.32 Å². The molecule has 1 aromatic carbocycles. The molecule has 0 radical (unpaired) electrons. The van der Waals surface area contributed by atoms with Crippen LogP contribution in [0.2, 0.25) is 0 Å². The number of benzene rings is 1. The van der Waals surface area contributed by atoms with Crippen LogP contribution in [0.1, 0.15) is 38.7 Å². The minimum absolute atomic E-state index is 0.832. The molecule has 0 saturated carbocycles. The lowest BCUT2D eigenvalue weighted by atomic mass is 10.2. The Balaban J connectivity index is 2.35. The molecule has 0 atom stereocenters. The van der Waals surface area contributed by atoms with Gasteiger partial charge in [-0.2, -0.15) is 0 Å². The zero-order valence-corrected chi connectivity index (χ0v) is 10.5. The van der Waals surface area contributed by atoms with E-state index in [1.165, 1.54) is 18.4 Å². The monoisotopic (exact) mass is 221 g/mol.